The summed E-state index contributed by atoms with van der Waals surface area (Å²) in [5.41, 5.74) is -3.54. The van der Waals surface area contributed by atoms with Crippen LogP contribution in [0.3, 0.4) is 0 Å². The predicted octanol–water partition coefficient (Wildman–Crippen LogP) is 5.10. The minimum Gasteiger partial charge on any atom is -0.478 e. The van der Waals surface area contributed by atoms with E-state index in [1.165, 1.54) is 30.5 Å². The molecule has 0 amide bonds. The minimum absolute atomic E-state index is 0.101. The molecule has 0 saturated heterocycles. The molecule has 184 valence electrons. The standard InChI is InChI=1S/C26H30F2O6/c1-15-11-18(16-12-20(28)19-13-17(29)6-7-24(19,2)14-16)25(3,8-9-27)26(15,23(31)32)34-22(30)21-5-4-10-33-21/h4-7,10,13,15-16,18,20H,8-9,11-12,14H2,1-3H3,(H,31,32)/t15-,16?,18?,20+,24?,25?,26+/m1/s1. The molecule has 0 bridgehead atoms. The van der Waals surface area contributed by atoms with E-state index in [-0.39, 0.29) is 30.3 Å². The number of aliphatic carboxylic acids is 1. The number of hydrogen-bond donors (Lipinski definition) is 1. The summed E-state index contributed by atoms with van der Waals surface area (Å²) in [6.07, 6.45) is 5.19. The highest BCUT2D eigenvalue weighted by atomic mass is 19.1. The van der Waals surface area contributed by atoms with E-state index in [4.69, 9.17) is 9.15 Å². The summed E-state index contributed by atoms with van der Waals surface area (Å²) in [4.78, 5) is 37.5. The first-order valence-corrected chi connectivity index (χ1v) is 11.6. The Morgan fingerprint density at radius 3 is 2.65 bits per heavy atom. The van der Waals surface area contributed by atoms with Crippen LogP contribution in [0.1, 0.15) is 57.0 Å². The Labute approximate surface area is 197 Å². The fraction of sp³-hybridized carbons (Fsp3) is 0.577. The van der Waals surface area contributed by atoms with E-state index in [1.54, 1.807) is 19.9 Å². The first-order valence-electron chi connectivity index (χ1n) is 11.6. The smallest absolute Gasteiger partial charge is 0.375 e. The van der Waals surface area contributed by atoms with Gasteiger partial charge in [-0.15, -0.1) is 0 Å². The van der Waals surface area contributed by atoms with Crippen LogP contribution in [0.5, 0.6) is 0 Å². The number of carboxylic acid groups (broad SMARTS) is 1. The van der Waals surface area contributed by atoms with Crippen molar-refractivity contribution in [2.45, 2.75) is 58.2 Å². The van der Waals surface area contributed by atoms with Gasteiger partial charge in [0.1, 0.15) is 6.17 Å². The number of halogens is 2. The largest absolute Gasteiger partial charge is 0.478 e. The van der Waals surface area contributed by atoms with Gasteiger partial charge in [0.2, 0.25) is 11.4 Å². The molecule has 3 aliphatic carbocycles. The zero-order chi connectivity index (χ0) is 24.9. The Morgan fingerprint density at radius 1 is 1.29 bits per heavy atom. The third kappa shape index (κ3) is 3.53. The van der Waals surface area contributed by atoms with Crippen LogP contribution in [0.25, 0.3) is 0 Å². The van der Waals surface area contributed by atoms with Crippen LogP contribution in [-0.4, -0.2) is 41.3 Å². The summed E-state index contributed by atoms with van der Waals surface area (Å²) in [5.74, 6) is -4.01. The number of carbonyl (C=O) groups is 3. The number of hydrogen-bond acceptors (Lipinski definition) is 5. The number of carboxylic acids is 1. The summed E-state index contributed by atoms with van der Waals surface area (Å²) in [5, 5.41) is 10.4. The van der Waals surface area contributed by atoms with E-state index >= 15 is 4.39 Å². The molecule has 4 rings (SSSR count). The average molecular weight is 477 g/mol. The van der Waals surface area contributed by atoms with Gasteiger partial charge in [0.25, 0.3) is 0 Å². The lowest BCUT2D eigenvalue weighted by Crippen LogP contribution is -2.58. The van der Waals surface area contributed by atoms with Gasteiger partial charge < -0.3 is 14.3 Å². The monoisotopic (exact) mass is 476 g/mol. The molecule has 1 aromatic heterocycles. The first kappa shape index (κ1) is 24.4. The van der Waals surface area contributed by atoms with Crippen LogP contribution in [0.2, 0.25) is 0 Å². The predicted molar refractivity (Wildman–Crippen MR) is 118 cm³/mol. The van der Waals surface area contributed by atoms with Crippen LogP contribution in [-0.2, 0) is 14.3 Å². The van der Waals surface area contributed by atoms with Gasteiger partial charge in [-0.05, 0) is 67.4 Å². The number of rotatable bonds is 6. The molecule has 2 saturated carbocycles. The van der Waals surface area contributed by atoms with Crippen molar-refractivity contribution in [3.63, 3.8) is 0 Å². The maximum Gasteiger partial charge on any atom is 0.375 e. The van der Waals surface area contributed by atoms with Crippen LogP contribution >= 0.6 is 0 Å². The van der Waals surface area contributed by atoms with Crippen molar-refractivity contribution in [3.8, 4) is 0 Å². The highest BCUT2D eigenvalue weighted by Crippen LogP contribution is 2.63. The molecule has 0 radical (unpaired) electrons. The lowest BCUT2D eigenvalue weighted by Gasteiger charge is -2.49. The molecule has 1 heterocycles. The third-order valence-electron chi connectivity index (χ3n) is 8.55. The lowest BCUT2D eigenvalue weighted by molar-refractivity contribution is -0.182. The van der Waals surface area contributed by atoms with Crippen molar-refractivity contribution in [3.05, 3.63) is 48.0 Å². The van der Waals surface area contributed by atoms with Crippen molar-refractivity contribution in [1.82, 2.24) is 0 Å². The summed E-state index contributed by atoms with van der Waals surface area (Å²) < 4.78 is 40.2. The second-order valence-corrected chi connectivity index (χ2v) is 10.4. The zero-order valence-electron chi connectivity index (χ0n) is 19.6. The Hall–Kier alpha value is -2.77. The summed E-state index contributed by atoms with van der Waals surface area (Å²) in [6.45, 7) is 4.38. The molecule has 6 nitrogen and oxygen atoms in total. The molecule has 0 spiro atoms. The van der Waals surface area contributed by atoms with Crippen molar-refractivity contribution in [1.29, 1.82) is 0 Å². The molecule has 3 aliphatic rings. The molecule has 8 heteroatoms. The fourth-order valence-corrected chi connectivity index (χ4v) is 6.92. The van der Waals surface area contributed by atoms with E-state index in [9.17, 15) is 23.9 Å². The Kier molecular flexibility index (Phi) is 6.07. The number of alkyl halides is 2. The van der Waals surface area contributed by atoms with Crippen molar-refractivity contribution in [2.24, 2.45) is 28.6 Å². The third-order valence-corrected chi connectivity index (χ3v) is 8.55. The SMILES string of the molecule is C[C@@H]1CC(C2C[C@H](F)C3=CC(=O)C=CC3(C)C2)C(C)(CCF)[C@@]1(OC(=O)c1ccco1)C(=O)O. The van der Waals surface area contributed by atoms with E-state index in [2.05, 4.69) is 0 Å². The Bertz CT molecular complexity index is 1050. The summed E-state index contributed by atoms with van der Waals surface area (Å²) in [7, 11) is 0. The van der Waals surface area contributed by atoms with Gasteiger partial charge in [0.15, 0.2) is 5.78 Å². The molecule has 1 aromatic rings. The van der Waals surface area contributed by atoms with Crippen molar-refractivity contribution < 1.29 is 37.4 Å². The summed E-state index contributed by atoms with van der Waals surface area (Å²) >= 11 is 0. The van der Waals surface area contributed by atoms with Crippen LogP contribution in [0, 0.1) is 28.6 Å². The second-order valence-electron chi connectivity index (χ2n) is 10.4. The quantitative estimate of drug-likeness (QED) is 0.574. The molecule has 7 atom stereocenters. The van der Waals surface area contributed by atoms with Crippen LogP contribution in [0.15, 0.2) is 46.6 Å². The fourth-order valence-electron chi connectivity index (χ4n) is 6.92. The van der Waals surface area contributed by atoms with E-state index in [1.807, 2.05) is 6.92 Å². The van der Waals surface area contributed by atoms with Gasteiger partial charge in [-0.2, -0.15) is 0 Å². The van der Waals surface area contributed by atoms with Gasteiger partial charge in [-0.3, -0.25) is 9.18 Å². The average Bonchev–Trinajstić information content (AvgIpc) is 3.37. The van der Waals surface area contributed by atoms with Gasteiger partial charge in [-0.1, -0.05) is 26.8 Å². The normalized spacial score (nSPS) is 39.4. The molecular weight excluding hydrogens is 446 g/mol. The molecule has 4 unspecified atom stereocenters. The minimum atomic E-state index is -2.01. The van der Waals surface area contributed by atoms with Gasteiger partial charge in [-0.25, -0.2) is 14.0 Å². The van der Waals surface area contributed by atoms with E-state index in [0.29, 0.717) is 18.4 Å². The Balaban J connectivity index is 1.74. The van der Waals surface area contributed by atoms with Crippen LogP contribution < -0.4 is 0 Å². The van der Waals surface area contributed by atoms with Crippen molar-refractivity contribution >= 4 is 17.7 Å². The number of fused-ring (bicyclic) bond motifs is 1. The molecular formula is C26H30F2O6. The summed E-state index contributed by atoms with van der Waals surface area (Å²) in [6, 6.07) is 2.87. The van der Waals surface area contributed by atoms with Crippen molar-refractivity contribution in [2.75, 3.05) is 6.67 Å². The Morgan fingerprint density at radius 2 is 2.03 bits per heavy atom. The zero-order valence-corrected chi connectivity index (χ0v) is 19.6. The van der Waals surface area contributed by atoms with E-state index in [0.717, 1.165) is 0 Å². The molecule has 0 aliphatic heterocycles. The number of esters is 1. The topological polar surface area (TPSA) is 93.8 Å². The molecule has 1 N–H and O–H groups in total. The first-order chi connectivity index (χ1) is 16.0. The maximum absolute atomic E-state index is 15.4. The highest BCUT2D eigenvalue weighted by Gasteiger charge is 2.70. The second kappa shape index (κ2) is 8.47. The van der Waals surface area contributed by atoms with Gasteiger partial charge >= 0.3 is 11.9 Å². The number of allylic oxidation sites excluding steroid dienone is 4. The maximum atomic E-state index is 15.4. The van der Waals surface area contributed by atoms with Gasteiger partial charge in [0.05, 0.1) is 12.9 Å². The number of furan rings is 1. The molecule has 0 aromatic carbocycles. The number of ether oxygens (including phenoxy) is 1. The highest BCUT2D eigenvalue weighted by molar-refractivity contribution is 6.01. The lowest BCUT2D eigenvalue weighted by atomic mass is 9.56. The van der Waals surface area contributed by atoms with E-state index < -0.39 is 53.1 Å². The molecule has 2 fully saturated rings. The number of ketones is 1. The molecule has 34 heavy (non-hydrogen) atoms. The van der Waals surface area contributed by atoms with Gasteiger partial charge in [0, 0.05) is 16.7 Å². The van der Waals surface area contributed by atoms with Crippen LogP contribution in [0.4, 0.5) is 8.78 Å². The number of carbonyl (C=O) groups excluding carboxylic acids is 2.